The van der Waals surface area contributed by atoms with E-state index in [9.17, 15) is 21.5 Å². The SMILES string of the molecule is O=C1CC(CS(=O)(=O)F)CN1Cc1cc(F)ccc1Br. The standard InChI is InChI=1S/C12H12BrF2NO3S/c13-11-2-1-10(14)4-9(11)6-16-5-8(3-12(16)17)7-20(15,18)19/h1-2,4,8H,3,5-7H2. The molecule has 1 aromatic rings. The molecule has 0 saturated carbocycles. The molecule has 4 nitrogen and oxygen atoms in total. The molecule has 1 heterocycles. The molecule has 2 rings (SSSR count). The fourth-order valence-electron chi connectivity index (χ4n) is 2.27. The normalized spacial score (nSPS) is 19.6. The summed E-state index contributed by atoms with van der Waals surface area (Å²) < 4.78 is 47.7. The van der Waals surface area contributed by atoms with Crippen LogP contribution in [0.1, 0.15) is 12.0 Å². The zero-order valence-corrected chi connectivity index (χ0v) is 12.8. The lowest BCUT2D eigenvalue weighted by molar-refractivity contribution is -0.128. The third-order valence-electron chi connectivity index (χ3n) is 3.10. The third kappa shape index (κ3) is 3.99. The monoisotopic (exact) mass is 367 g/mol. The zero-order chi connectivity index (χ0) is 14.9. The predicted octanol–water partition coefficient (Wildman–Crippen LogP) is 2.24. The van der Waals surface area contributed by atoms with E-state index in [1.807, 2.05) is 0 Å². The van der Waals surface area contributed by atoms with E-state index in [2.05, 4.69) is 15.9 Å². The molecule has 0 aliphatic carbocycles. The maximum atomic E-state index is 13.2. The summed E-state index contributed by atoms with van der Waals surface area (Å²) in [4.78, 5) is 13.2. The summed E-state index contributed by atoms with van der Waals surface area (Å²) >= 11 is 3.26. The van der Waals surface area contributed by atoms with Crippen molar-refractivity contribution < 1.29 is 21.5 Å². The van der Waals surface area contributed by atoms with Gasteiger partial charge >= 0.3 is 10.2 Å². The Labute approximate surface area is 124 Å². The number of hydrogen-bond donors (Lipinski definition) is 0. The van der Waals surface area contributed by atoms with Crippen molar-refractivity contribution >= 4 is 32.1 Å². The number of halogens is 3. The Hall–Kier alpha value is -1.02. The Bertz CT molecular complexity index is 636. The van der Waals surface area contributed by atoms with Crippen LogP contribution in [0.5, 0.6) is 0 Å². The average Bonchev–Trinajstić information content (AvgIpc) is 2.62. The maximum absolute atomic E-state index is 13.2. The van der Waals surface area contributed by atoms with Crippen LogP contribution in [0.3, 0.4) is 0 Å². The van der Waals surface area contributed by atoms with Crippen molar-refractivity contribution in [3.63, 3.8) is 0 Å². The molecule has 0 bridgehead atoms. The van der Waals surface area contributed by atoms with Crippen LogP contribution in [-0.4, -0.2) is 31.5 Å². The van der Waals surface area contributed by atoms with Crippen molar-refractivity contribution in [1.82, 2.24) is 4.90 Å². The number of carbonyl (C=O) groups excluding carboxylic acids is 1. The molecule has 1 saturated heterocycles. The molecule has 0 spiro atoms. The highest BCUT2D eigenvalue weighted by atomic mass is 79.9. The summed E-state index contributed by atoms with van der Waals surface area (Å²) in [6.07, 6.45) is -0.00388. The van der Waals surface area contributed by atoms with E-state index in [1.54, 1.807) is 0 Å². The third-order valence-corrected chi connectivity index (χ3v) is 4.74. The maximum Gasteiger partial charge on any atom is 0.302 e. The van der Waals surface area contributed by atoms with Gasteiger partial charge in [-0.2, -0.15) is 8.42 Å². The van der Waals surface area contributed by atoms with Crippen LogP contribution in [0, 0.1) is 11.7 Å². The van der Waals surface area contributed by atoms with Gasteiger partial charge in [0.15, 0.2) is 0 Å². The van der Waals surface area contributed by atoms with Crippen LogP contribution in [-0.2, 0) is 21.6 Å². The number of likely N-dealkylation sites (tertiary alicyclic amines) is 1. The van der Waals surface area contributed by atoms with Crippen LogP contribution >= 0.6 is 15.9 Å². The summed E-state index contributed by atoms with van der Waals surface area (Å²) in [6.45, 7) is 0.324. The molecule has 1 aliphatic heterocycles. The first-order chi connectivity index (χ1) is 9.24. The van der Waals surface area contributed by atoms with E-state index in [0.29, 0.717) is 10.0 Å². The van der Waals surface area contributed by atoms with Crippen molar-refractivity contribution in [3.8, 4) is 0 Å². The van der Waals surface area contributed by atoms with Gasteiger partial charge in [-0.05, 0) is 23.8 Å². The summed E-state index contributed by atoms with van der Waals surface area (Å²) in [7, 11) is -4.59. The molecule has 1 aromatic carbocycles. The second kappa shape index (κ2) is 5.77. The molecule has 0 aromatic heterocycles. The molecule has 0 radical (unpaired) electrons. The van der Waals surface area contributed by atoms with Gasteiger partial charge in [-0.15, -0.1) is 3.89 Å². The highest BCUT2D eigenvalue weighted by Crippen LogP contribution is 2.25. The van der Waals surface area contributed by atoms with Gasteiger partial charge in [0.05, 0.1) is 5.75 Å². The first-order valence-corrected chi connectivity index (χ1v) is 8.23. The van der Waals surface area contributed by atoms with E-state index < -0.39 is 27.7 Å². The molecule has 20 heavy (non-hydrogen) atoms. The van der Waals surface area contributed by atoms with Crippen molar-refractivity contribution in [1.29, 1.82) is 0 Å². The molecule has 1 unspecified atom stereocenters. The van der Waals surface area contributed by atoms with Gasteiger partial charge in [0.1, 0.15) is 5.82 Å². The van der Waals surface area contributed by atoms with Crippen LogP contribution in [0.4, 0.5) is 8.28 Å². The second-order valence-electron chi connectivity index (χ2n) is 4.79. The van der Waals surface area contributed by atoms with Gasteiger partial charge < -0.3 is 4.90 Å². The molecule has 1 fully saturated rings. The number of amides is 1. The summed E-state index contributed by atoms with van der Waals surface area (Å²) in [5.41, 5.74) is 0.585. The minimum atomic E-state index is -4.59. The summed E-state index contributed by atoms with van der Waals surface area (Å²) in [6, 6.07) is 4.13. The van der Waals surface area contributed by atoms with E-state index in [-0.39, 0.29) is 25.4 Å². The van der Waals surface area contributed by atoms with Gasteiger partial charge in [0.25, 0.3) is 0 Å². The smallest absolute Gasteiger partial charge is 0.302 e. The van der Waals surface area contributed by atoms with Gasteiger partial charge in [-0.1, -0.05) is 15.9 Å². The second-order valence-corrected chi connectivity index (χ2v) is 7.05. The van der Waals surface area contributed by atoms with E-state index >= 15 is 0 Å². The lowest BCUT2D eigenvalue weighted by Gasteiger charge is -2.17. The fourth-order valence-corrected chi connectivity index (χ4v) is 3.43. The van der Waals surface area contributed by atoms with E-state index in [4.69, 9.17) is 0 Å². The van der Waals surface area contributed by atoms with Crippen molar-refractivity contribution in [2.24, 2.45) is 5.92 Å². The lowest BCUT2D eigenvalue weighted by atomic mass is 10.1. The van der Waals surface area contributed by atoms with Crippen LogP contribution < -0.4 is 0 Å². The molecule has 1 aliphatic rings. The largest absolute Gasteiger partial charge is 0.338 e. The average molecular weight is 368 g/mol. The minimum absolute atomic E-state index is 0.00388. The Balaban J connectivity index is 2.07. The molecule has 1 atom stereocenters. The number of rotatable bonds is 4. The van der Waals surface area contributed by atoms with Crippen molar-refractivity contribution in [3.05, 3.63) is 34.1 Å². The van der Waals surface area contributed by atoms with Gasteiger partial charge in [-0.25, -0.2) is 4.39 Å². The van der Waals surface area contributed by atoms with Gasteiger partial charge in [-0.3, -0.25) is 4.79 Å². The number of benzene rings is 1. The van der Waals surface area contributed by atoms with E-state index in [0.717, 1.165) is 0 Å². The van der Waals surface area contributed by atoms with E-state index in [1.165, 1.54) is 23.1 Å². The number of hydrogen-bond acceptors (Lipinski definition) is 3. The Morgan fingerprint density at radius 2 is 2.10 bits per heavy atom. The topological polar surface area (TPSA) is 54.5 Å². The Morgan fingerprint density at radius 3 is 2.75 bits per heavy atom. The molecule has 1 amide bonds. The lowest BCUT2D eigenvalue weighted by Crippen LogP contribution is -2.25. The Morgan fingerprint density at radius 1 is 1.40 bits per heavy atom. The van der Waals surface area contributed by atoms with Gasteiger partial charge in [0, 0.05) is 29.9 Å². The molecule has 8 heteroatoms. The summed E-state index contributed by atoms with van der Waals surface area (Å²) in [5.74, 6) is -1.88. The Kier molecular flexibility index (Phi) is 4.43. The van der Waals surface area contributed by atoms with Crippen molar-refractivity contribution in [2.75, 3.05) is 12.3 Å². The summed E-state index contributed by atoms with van der Waals surface area (Å²) in [5, 5.41) is 0. The minimum Gasteiger partial charge on any atom is -0.338 e. The fraction of sp³-hybridized carbons (Fsp3) is 0.417. The van der Waals surface area contributed by atoms with Crippen LogP contribution in [0.2, 0.25) is 0 Å². The predicted molar refractivity (Wildman–Crippen MR) is 72.5 cm³/mol. The molecule has 0 N–H and O–H groups in total. The number of nitrogens with zero attached hydrogens (tertiary/aromatic N) is 1. The molecular weight excluding hydrogens is 356 g/mol. The zero-order valence-electron chi connectivity index (χ0n) is 10.4. The van der Waals surface area contributed by atoms with Gasteiger partial charge in [0.2, 0.25) is 5.91 Å². The number of carbonyl (C=O) groups is 1. The first kappa shape index (κ1) is 15.4. The molecular formula is C12H12BrF2NO3S. The highest BCUT2D eigenvalue weighted by Gasteiger charge is 2.33. The van der Waals surface area contributed by atoms with Crippen LogP contribution in [0.15, 0.2) is 22.7 Å². The van der Waals surface area contributed by atoms with Crippen LogP contribution in [0.25, 0.3) is 0 Å². The molecule has 110 valence electrons. The van der Waals surface area contributed by atoms with Crippen molar-refractivity contribution in [2.45, 2.75) is 13.0 Å². The first-order valence-electron chi connectivity index (χ1n) is 5.88. The quantitative estimate of drug-likeness (QED) is 0.766. The highest BCUT2D eigenvalue weighted by molar-refractivity contribution is 9.10.